The molecule has 0 bridgehead atoms. The summed E-state index contributed by atoms with van der Waals surface area (Å²) in [6.45, 7) is 1.43. The van der Waals surface area contributed by atoms with E-state index in [0.717, 1.165) is 0 Å². The lowest BCUT2D eigenvalue weighted by Crippen LogP contribution is -2.41. The fraction of sp³-hybridized carbons (Fsp3) is 0.364. The van der Waals surface area contributed by atoms with Crippen molar-refractivity contribution in [2.75, 3.05) is 19.6 Å². The van der Waals surface area contributed by atoms with Crippen LogP contribution >= 0.6 is 0 Å². The van der Waals surface area contributed by atoms with Crippen molar-refractivity contribution in [3.05, 3.63) is 38.8 Å². The molecule has 112 valence electrons. The van der Waals surface area contributed by atoms with E-state index in [-0.39, 0.29) is 11.6 Å². The molecule has 1 unspecified atom stereocenters. The minimum Gasteiger partial charge on any atom is -0.354 e. The van der Waals surface area contributed by atoms with E-state index in [0.29, 0.717) is 36.6 Å². The van der Waals surface area contributed by atoms with Gasteiger partial charge in [0.2, 0.25) is 5.96 Å². The SMILES string of the molecule is [N-]=[N+]=NCC1CN=C(n2nnc3ccc([N+](=O)[O-])cc32)NC1. The molecule has 0 aliphatic carbocycles. The Labute approximate surface area is 123 Å². The van der Waals surface area contributed by atoms with E-state index in [4.69, 9.17) is 5.53 Å². The largest absolute Gasteiger partial charge is 0.354 e. The number of fused-ring (bicyclic) bond motifs is 1. The van der Waals surface area contributed by atoms with Gasteiger partial charge in [-0.3, -0.25) is 15.1 Å². The number of non-ortho nitro benzene ring substituents is 1. The van der Waals surface area contributed by atoms with Crippen molar-refractivity contribution in [2.24, 2.45) is 16.0 Å². The summed E-state index contributed by atoms with van der Waals surface area (Å²) in [7, 11) is 0. The van der Waals surface area contributed by atoms with E-state index < -0.39 is 4.92 Å². The van der Waals surface area contributed by atoms with Gasteiger partial charge in [0.05, 0.1) is 4.92 Å². The number of nitrogens with zero attached hydrogens (tertiary/aromatic N) is 8. The number of hydrogen-bond acceptors (Lipinski definition) is 7. The van der Waals surface area contributed by atoms with Crippen LogP contribution in [0.15, 0.2) is 28.3 Å². The predicted octanol–water partition coefficient (Wildman–Crippen LogP) is 1.07. The smallest absolute Gasteiger partial charge is 0.271 e. The predicted molar refractivity (Wildman–Crippen MR) is 77.4 cm³/mol. The van der Waals surface area contributed by atoms with Crippen LogP contribution in [0.5, 0.6) is 0 Å². The van der Waals surface area contributed by atoms with Gasteiger partial charge in [-0.2, -0.15) is 4.68 Å². The third-order valence-corrected chi connectivity index (χ3v) is 3.29. The minimum atomic E-state index is -0.469. The molecule has 1 atom stereocenters. The summed E-state index contributed by atoms with van der Waals surface area (Å²) in [6.07, 6.45) is 0. The Kier molecular flexibility index (Phi) is 3.54. The van der Waals surface area contributed by atoms with Crippen LogP contribution in [0.2, 0.25) is 0 Å². The van der Waals surface area contributed by atoms with Gasteiger partial charge >= 0.3 is 0 Å². The number of nitro groups is 1. The van der Waals surface area contributed by atoms with Gasteiger partial charge in [0.25, 0.3) is 5.69 Å². The summed E-state index contributed by atoms with van der Waals surface area (Å²) in [5, 5.41) is 25.4. The summed E-state index contributed by atoms with van der Waals surface area (Å²) in [6, 6.07) is 4.34. The van der Waals surface area contributed by atoms with E-state index >= 15 is 0 Å². The van der Waals surface area contributed by atoms with Crippen molar-refractivity contribution in [2.45, 2.75) is 0 Å². The highest BCUT2D eigenvalue weighted by Crippen LogP contribution is 2.19. The zero-order valence-corrected chi connectivity index (χ0v) is 11.3. The number of rotatable bonds is 3. The van der Waals surface area contributed by atoms with Crippen LogP contribution in [-0.4, -0.2) is 45.5 Å². The van der Waals surface area contributed by atoms with E-state index in [1.165, 1.54) is 16.8 Å². The average molecular weight is 301 g/mol. The molecule has 3 rings (SSSR count). The number of benzene rings is 1. The zero-order chi connectivity index (χ0) is 15.5. The highest BCUT2D eigenvalue weighted by Gasteiger charge is 2.19. The fourth-order valence-corrected chi connectivity index (χ4v) is 2.16. The molecule has 1 N–H and O–H groups in total. The van der Waals surface area contributed by atoms with Gasteiger partial charge in [-0.15, -0.1) is 5.10 Å². The van der Waals surface area contributed by atoms with E-state index in [1.807, 2.05) is 0 Å². The van der Waals surface area contributed by atoms with E-state index in [1.54, 1.807) is 6.07 Å². The number of nitro benzene ring substituents is 1. The molecule has 11 heteroatoms. The fourth-order valence-electron chi connectivity index (χ4n) is 2.16. The molecule has 22 heavy (non-hydrogen) atoms. The molecule has 2 aromatic rings. The average Bonchev–Trinajstić information content (AvgIpc) is 2.96. The Hall–Kier alpha value is -3.20. The maximum Gasteiger partial charge on any atom is 0.271 e. The second-order valence-electron chi connectivity index (χ2n) is 4.76. The molecular formula is C11H11N9O2. The van der Waals surface area contributed by atoms with Crippen LogP contribution in [-0.2, 0) is 0 Å². The molecule has 1 aliphatic heterocycles. The van der Waals surface area contributed by atoms with Crippen LogP contribution in [0.4, 0.5) is 5.69 Å². The second-order valence-corrected chi connectivity index (χ2v) is 4.76. The van der Waals surface area contributed by atoms with Crippen LogP contribution in [0.3, 0.4) is 0 Å². The summed E-state index contributed by atoms with van der Waals surface area (Å²) in [5.74, 6) is 0.587. The Bertz CT molecular complexity index is 805. The molecule has 2 heterocycles. The van der Waals surface area contributed by atoms with E-state index in [9.17, 15) is 10.1 Å². The summed E-state index contributed by atoms with van der Waals surface area (Å²) in [5.41, 5.74) is 9.34. The molecule has 1 aromatic carbocycles. The normalized spacial score (nSPS) is 17.5. The Morgan fingerprint density at radius 2 is 2.45 bits per heavy atom. The second kappa shape index (κ2) is 5.66. The molecule has 0 radical (unpaired) electrons. The molecule has 0 amide bonds. The monoisotopic (exact) mass is 301 g/mol. The molecule has 0 spiro atoms. The Morgan fingerprint density at radius 1 is 1.59 bits per heavy atom. The minimum absolute atomic E-state index is 0.0336. The maximum absolute atomic E-state index is 10.9. The van der Waals surface area contributed by atoms with Crippen molar-refractivity contribution in [1.29, 1.82) is 0 Å². The summed E-state index contributed by atoms with van der Waals surface area (Å²) in [4.78, 5) is 17.5. The molecule has 1 aromatic heterocycles. The molecular weight excluding hydrogens is 290 g/mol. The lowest BCUT2D eigenvalue weighted by atomic mass is 10.1. The third-order valence-electron chi connectivity index (χ3n) is 3.29. The number of aromatic nitrogens is 3. The lowest BCUT2D eigenvalue weighted by Gasteiger charge is -2.21. The summed E-state index contributed by atoms with van der Waals surface area (Å²) >= 11 is 0. The maximum atomic E-state index is 10.9. The van der Waals surface area contributed by atoms with Crippen LogP contribution in [0, 0.1) is 16.0 Å². The van der Waals surface area contributed by atoms with Gasteiger partial charge in [-0.05, 0) is 11.6 Å². The molecule has 0 saturated heterocycles. The topological polar surface area (TPSA) is 147 Å². The van der Waals surface area contributed by atoms with Crippen LogP contribution in [0.1, 0.15) is 0 Å². The lowest BCUT2D eigenvalue weighted by molar-refractivity contribution is -0.384. The van der Waals surface area contributed by atoms with Gasteiger partial charge in [0.15, 0.2) is 0 Å². The number of hydrogen-bond donors (Lipinski definition) is 1. The Balaban J connectivity index is 1.90. The number of azide groups is 1. The van der Waals surface area contributed by atoms with Gasteiger partial charge in [-0.25, -0.2) is 0 Å². The first-order valence-corrected chi connectivity index (χ1v) is 6.48. The van der Waals surface area contributed by atoms with Crippen molar-refractivity contribution < 1.29 is 4.92 Å². The number of nitrogens with one attached hydrogen (secondary N) is 1. The van der Waals surface area contributed by atoms with Gasteiger partial charge in [0, 0.05) is 42.6 Å². The van der Waals surface area contributed by atoms with Crippen LogP contribution < -0.4 is 5.32 Å². The quantitative estimate of drug-likeness (QED) is 0.296. The van der Waals surface area contributed by atoms with E-state index in [2.05, 4.69) is 30.6 Å². The first-order chi connectivity index (χ1) is 10.7. The molecule has 1 aliphatic rings. The number of aliphatic imine (C=N–C) groups is 1. The standard InChI is InChI=1S/C11H11N9O2/c12-17-15-6-7-4-13-11(14-5-7)19-10-3-8(20(21)22)1-2-9(10)16-18-19/h1-3,7H,4-6H2,(H,13,14). The first kappa shape index (κ1) is 13.8. The van der Waals surface area contributed by atoms with Gasteiger partial charge < -0.3 is 5.32 Å². The van der Waals surface area contributed by atoms with Crippen molar-refractivity contribution >= 4 is 22.7 Å². The highest BCUT2D eigenvalue weighted by atomic mass is 16.6. The highest BCUT2D eigenvalue weighted by molar-refractivity contribution is 5.91. The van der Waals surface area contributed by atoms with Gasteiger partial charge in [-0.1, -0.05) is 10.3 Å². The van der Waals surface area contributed by atoms with Crippen molar-refractivity contribution in [3.8, 4) is 0 Å². The van der Waals surface area contributed by atoms with Crippen molar-refractivity contribution in [3.63, 3.8) is 0 Å². The Morgan fingerprint density at radius 3 is 3.14 bits per heavy atom. The molecule has 0 saturated carbocycles. The zero-order valence-electron chi connectivity index (χ0n) is 11.3. The van der Waals surface area contributed by atoms with Crippen molar-refractivity contribution in [1.82, 2.24) is 20.3 Å². The van der Waals surface area contributed by atoms with Gasteiger partial charge in [0.1, 0.15) is 11.0 Å². The molecule has 0 fully saturated rings. The molecule has 11 nitrogen and oxygen atoms in total. The third kappa shape index (κ3) is 2.52. The van der Waals surface area contributed by atoms with Crippen LogP contribution in [0.25, 0.3) is 21.5 Å². The first-order valence-electron chi connectivity index (χ1n) is 6.48. The summed E-state index contributed by atoms with van der Waals surface area (Å²) < 4.78 is 1.44.